The van der Waals surface area contributed by atoms with Gasteiger partial charge in [-0.3, -0.25) is 9.88 Å². The minimum atomic E-state index is 0. The Balaban J connectivity index is 0.00000220. The zero-order valence-electron chi connectivity index (χ0n) is 12.4. The molecule has 22 heavy (non-hydrogen) atoms. The third-order valence-corrected chi connectivity index (χ3v) is 3.76. The van der Waals surface area contributed by atoms with Gasteiger partial charge in [-0.05, 0) is 12.1 Å². The maximum atomic E-state index is 5.53. The number of rotatable bonds is 6. The average Bonchev–Trinajstić information content (AvgIpc) is 2.52. The van der Waals surface area contributed by atoms with Gasteiger partial charge in [-0.15, -0.1) is 31.4 Å². The minimum absolute atomic E-state index is 0. The number of pyridine rings is 1. The van der Waals surface area contributed by atoms with Crippen LogP contribution in [0.5, 0.6) is 0 Å². The van der Waals surface area contributed by atoms with Crippen molar-refractivity contribution in [2.45, 2.75) is 5.92 Å². The maximum Gasteiger partial charge on any atom is 0.0860 e. The molecular weight excluding hydrogens is 341 g/mol. The number of thiocarbonyl (C=S) groups is 1. The van der Waals surface area contributed by atoms with Gasteiger partial charge in [0.25, 0.3) is 0 Å². The van der Waals surface area contributed by atoms with Crippen molar-refractivity contribution < 1.29 is 4.74 Å². The predicted molar refractivity (Wildman–Crippen MR) is 99.5 cm³/mol. The van der Waals surface area contributed by atoms with Crippen molar-refractivity contribution in [3.8, 4) is 0 Å². The van der Waals surface area contributed by atoms with Crippen LogP contribution in [0.15, 0.2) is 37.1 Å². The van der Waals surface area contributed by atoms with Crippen LogP contribution in [0.3, 0.4) is 0 Å². The molecule has 0 aliphatic carbocycles. The molecule has 1 saturated heterocycles. The first kappa shape index (κ1) is 21.3. The predicted octanol–water partition coefficient (Wildman–Crippen LogP) is 2.44. The highest BCUT2D eigenvalue weighted by Crippen LogP contribution is 2.17. The quantitative estimate of drug-likeness (QED) is 0.620. The summed E-state index contributed by atoms with van der Waals surface area (Å²) in [6, 6.07) is 5.97. The van der Waals surface area contributed by atoms with Crippen LogP contribution in [-0.4, -0.2) is 54.3 Å². The van der Waals surface area contributed by atoms with E-state index < -0.39 is 0 Å². The lowest BCUT2D eigenvalue weighted by Gasteiger charge is -2.30. The molecule has 7 heteroatoms. The van der Waals surface area contributed by atoms with Crippen LogP contribution in [-0.2, 0) is 4.74 Å². The zero-order chi connectivity index (χ0) is 14.2. The Labute approximate surface area is 150 Å². The summed E-state index contributed by atoms with van der Waals surface area (Å²) < 4.78 is 5.39. The summed E-state index contributed by atoms with van der Waals surface area (Å²) in [7, 11) is 0. The Morgan fingerprint density at radius 2 is 2.14 bits per heavy atom. The molecule has 1 atom stereocenters. The van der Waals surface area contributed by atoms with Crippen LogP contribution >= 0.6 is 37.0 Å². The van der Waals surface area contributed by atoms with Crippen LogP contribution in [0.25, 0.3) is 0 Å². The second kappa shape index (κ2) is 11.8. The fraction of sp³-hybridized carbons (Fsp3) is 0.467. The van der Waals surface area contributed by atoms with Crippen LogP contribution in [0, 0.1) is 0 Å². The van der Waals surface area contributed by atoms with E-state index in [4.69, 9.17) is 17.0 Å². The van der Waals surface area contributed by atoms with Crippen molar-refractivity contribution in [2.24, 2.45) is 0 Å². The second-order valence-electron chi connectivity index (χ2n) is 4.75. The lowest BCUT2D eigenvalue weighted by molar-refractivity contribution is 0.0372. The average molecular weight is 364 g/mol. The number of aromatic nitrogens is 1. The number of hydrogen-bond acceptors (Lipinski definition) is 4. The molecule has 0 aromatic carbocycles. The van der Waals surface area contributed by atoms with Crippen molar-refractivity contribution in [1.82, 2.24) is 15.2 Å². The van der Waals surface area contributed by atoms with Crippen LogP contribution in [0.4, 0.5) is 0 Å². The highest BCUT2D eigenvalue weighted by molar-refractivity contribution is 7.80. The molecule has 2 rings (SSSR count). The first-order chi connectivity index (χ1) is 9.81. The Morgan fingerprint density at radius 1 is 1.41 bits per heavy atom. The zero-order valence-corrected chi connectivity index (χ0v) is 14.9. The lowest BCUT2D eigenvalue weighted by atomic mass is 10.0. The Kier molecular flexibility index (Phi) is 11.4. The SMILES string of the molecule is C=CCNC(=S)C(CN1CCOCC1)c1ccccn1.Cl.Cl. The van der Waals surface area contributed by atoms with Crippen molar-refractivity contribution in [1.29, 1.82) is 0 Å². The molecular formula is C15H23Cl2N3OS. The summed E-state index contributed by atoms with van der Waals surface area (Å²) in [5.41, 5.74) is 1.01. The van der Waals surface area contributed by atoms with Gasteiger partial charge in [0.05, 0.1) is 29.8 Å². The summed E-state index contributed by atoms with van der Waals surface area (Å²) in [6.07, 6.45) is 3.63. The largest absolute Gasteiger partial charge is 0.379 e. The Hall–Kier alpha value is -0.720. The number of hydrogen-bond donors (Lipinski definition) is 1. The standard InChI is InChI=1S/C15H21N3OS.2ClH/c1-2-6-17-15(20)13(14-5-3-4-7-16-14)12-18-8-10-19-11-9-18;;/h2-5,7,13H,1,6,8-12H2,(H,17,20);2*1H. The number of nitrogens with zero attached hydrogens (tertiary/aromatic N) is 2. The van der Waals surface area contributed by atoms with Gasteiger partial charge >= 0.3 is 0 Å². The van der Waals surface area contributed by atoms with Gasteiger partial charge in [-0.2, -0.15) is 0 Å². The van der Waals surface area contributed by atoms with E-state index in [-0.39, 0.29) is 30.7 Å². The molecule has 1 N–H and O–H groups in total. The third-order valence-electron chi connectivity index (χ3n) is 3.33. The Bertz CT molecular complexity index is 442. The summed E-state index contributed by atoms with van der Waals surface area (Å²) in [4.78, 5) is 7.67. The van der Waals surface area contributed by atoms with Crippen LogP contribution in [0.1, 0.15) is 11.6 Å². The number of nitrogens with one attached hydrogen (secondary N) is 1. The van der Waals surface area contributed by atoms with E-state index in [1.54, 1.807) is 0 Å². The molecule has 4 nitrogen and oxygen atoms in total. The number of halogens is 2. The van der Waals surface area contributed by atoms with E-state index in [2.05, 4.69) is 21.8 Å². The van der Waals surface area contributed by atoms with Gasteiger partial charge in [0.2, 0.25) is 0 Å². The van der Waals surface area contributed by atoms with Gasteiger partial charge in [-0.25, -0.2) is 0 Å². The van der Waals surface area contributed by atoms with E-state index in [0.29, 0.717) is 6.54 Å². The summed E-state index contributed by atoms with van der Waals surface area (Å²) >= 11 is 5.53. The highest BCUT2D eigenvalue weighted by Gasteiger charge is 2.22. The second-order valence-corrected chi connectivity index (χ2v) is 5.19. The summed E-state index contributed by atoms with van der Waals surface area (Å²) in [6.45, 7) is 8.77. The van der Waals surface area contributed by atoms with Crippen LogP contribution < -0.4 is 5.32 Å². The molecule has 1 aromatic heterocycles. The molecule has 1 unspecified atom stereocenters. The van der Waals surface area contributed by atoms with Gasteiger partial charge < -0.3 is 10.1 Å². The molecule has 0 saturated carbocycles. The normalized spacial score (nSPS) is 15.8. The van der Waals surface area contributed by atoms with E-state index in [9.17, 15) is 0 Å². The molecule has 0 amide bonds. The molecule has 124 valence electrons. The minimum Gasteiger partial charge on any atom is -0.379 e. The van der Waals surface area contributed by atoms with Crippen molar-refractivity contribution in [3.63, 3.8) is 0 Å². The highest BCUT2D eigenvalue weighted by atomic mass is 35.5. The van der Waals surface area contributed by atoms with E-state index in [0.717, 1.165) is 43.5 Å². The lowest BCUT2D eigenvalue weighted by Crippen LogP contribution is -2.42. The molecule has 2 heterocycles. The van der Waals surface area contributed by atoms with Gasteiger partial charge in [0, 0.05) is 32.4 Å². The fourth-order valence-electron chi connectivity index (χ4n) is 2.23. The number of ether oxygens (including phenoxy) is 1. The molecule has 0 radical (unpaired) electrons. The fourth-order valence-corrected chi connectivity index (χ4v) is 2.51. The first-order valence-corrected chi connectivity index (χ1v) is 7.31. The molecule has 0 bridgehead atoms. The monoisotopic (exact) mass is 363 g/mol. The molecule has 1 aliphatic rings. The van der Waals surface area contributed by atoms with Gasteiger partial charge in [0.1, 0.15) is 0 Å². The van der Waals surface area contributed by atoms with Crippen molar-refractivity contribution >= 4 is 42.0 Å². The molecule has 1 aromatic rings. The van der Waals surface area contributed by atoms with E-state index in [1.165, 1.54) is 0 Å². The van der Waals surface area contributed by atoms with Crippen molar-refractivity contribution in [2.75, 3.05) is 39.4 Å². The third kappa shape index (κ3) is 6.58. The van der Waals surface area contributed by atoms with E-state index >= 15 is 0 Å². The smallest absolute Gasteiger partial charge is 0.0860 e. The topological polar surface area (TPSA) is 37.4 Å². The number of morpholine rings is 1. The molecule has 1 fully saturated rings. The summed E-state index contributed by atoms with van der Waals surface area (Å²) in [5.74, 6) is 0.115. The summed E-state index contributed by atoms with van der Waals surface area (Å²) in [5, 5.41) is 3.24. The first-order valence-electron chi connectivity index (χ1n) is 6.91. The van der Waals surface area contributed by atoms with Gasteiger partial charge in [-0.1, -0.05) is 24.4 Å². The maximum absolute atomic E-state index is 5.53. The van der Waals surface area contributed by atoms with E-state index in [1.807, 2.05) is 30.5 Å². The van der Waals surface area contributed by atoms with Crippen molar-refractivity contribution in [3.05, 3.63) is 42.7 Å². The molecule has 0 spiro atoms. The Morgan fingerprint density at radius 3 is 2.73 bits per heavy atom. The molecule has 1 aliphatic heterocycles. The van der Waals surface area contributed by atoms with Gasteiger partial charge in [0.15, 0.2) is 0 Å². The van der Waals surface area contributed by atoms with Crippen LogP contribution in [0.2, 0.25) is 0 Å².